The quantitative estimate of drug-likeness (QED) is 0.168. The molecular weight excluding hydrogens is 757 g/mol. The zero-order chi connectivity index (χ0) is 40.7. The maximum atomic E-state index is 6.41. The molecule has 13 aromatic rings. The summed E-state index contributed by atoms with van der Waals surface area (Å²) < 4.78 is 15.1. The van der Waals surface area contributed by atoms with Crippen LogP contribution in [0.1, 0.15) is 0 Å². The number of hydrogen-bond acceptors (Lipinski definition) is 3. The first-order chi connectivity index (χ1) is 30.7. The van der Waals surface area contributed by atoms with Crippen molar-refractivity contribution < 1.29 is 8.83 Å². The third-order valence-electron chi connectivity index (χ3n) is 12.6. The van der Waals surface area contributed by atoms with Gasteiger partial charge in [-0.1, -0.05) is 140 Å². The Bertz CT molecular complexity index is 3850. The Morgan fingerprint density at radius 1 is 0.339 bits per heavy atom. The second-order valence-corrected chi connectivity index (χ2v) is 16.1. The van der Waals surface area contributed by atoms with Crippen LogP contribution in [0.15, 0.2) is 227 Å². The fraction of sp³-hybridized carbons (Fsp3) is 0. The first-order valence-electron chi connectivity index (χ1n) is 21.1. The summed E-state index contributed by atoms with van der Waals surface area (Å²) in [4.78, 5) is 2.35. The molecule has 62 heavy (non-hydrogen) atoms. The van der Waals surface area contributed by atoms with E-state index >= 15 is 0 Å². The van der Waals surface area contributed by atoms with Crippen LogP contribution in [0.3, 0.4) is 0 Å². The molecule has 0 spiro atoms. The van der Waals surface area contributed by atoms with E-state index in [1.54, 1.807) is 0 Å². The summed E-state index contributed by atoms with van der Waals surface area (Å²) in [5, 5.41) is 9.41. The van der Waals surface area contributed by atoms with Gasteiger partial charge in [0.05, 0.1) is 22.1 Å². The third-order valence-corrected chi connectivity index (χ3v) is 12.6. The molecule has 0 radical (unpaired) electrons. The van der Waals surface area contributed by atoms with Crippen molar-refractivity contribution in [3.05, 3.63) is 218 Å². The van der Waals surface area contributed by atoms with E-state index in [1.165, 1.54) is 32.6 Å². The van der Waals surface area contributed by atoms with Crippen molar-refractivity contribution in [3.8, 4) is 27.9 Å². The van der Waals surface area contributed by atoms with Gasteiger partial charge < -0.3 is 18.3 Å². The molecule has 0 saturated heterocycles. The number of furan rings is 2. The van der Waals surface area contributed by atoms with Crippen molar-refractivity contribution in [2.75, 3.05) is 4.90 Å². The second-order valence-electron chi connectivity index (χ2n) is 16.1. The van der Waals surface area contributed by atoms with Gasteiger partial charge in [-0.05, 0) is 107 Å². The lowest BCUT2D eigenvalue weighted by atomic mass is 10.0. The molecular formula is C58H36N2O2. The van der Waals surface area contributed by atoms with Gasteiger partial charge in [-0.15, -0.1) is 0 Å². The van der Waals surface area contributed by atoms with E-state index in [1.807, 2.05) is 24.3 Å². The molecule has 0 saturated carbocycles. The highest BCUT2D eigenvalue weighted by Gasteiger charge is 2.21. The van der Waals surface area contributed by atoms with Gasteiger partial charge in [0, 0.05) is 49.4 Å². The van der Waals surface area contributed by atoms with Crippen molar-refractivity contribution in [2.45, 2.75) is 0 Å². The number of para-hydroxylation sites is 3. The largest absolute Gasteiger partial charge is 0.456 e. The van der Waals surface area contributed by atoms with Gasteiger partial charge in [0.15, 0.2) is 0 Å². The Hall–Kier alpha value is -8.34. The van der Waals surface area contributed by atoms with Gasteiger partial charge in [-0.25, -0.2) is 0 Å². The van der Waals surface area contributed by atoms with Crippen LogP contribution in [0, 0.1) is 0 Å². The van der Waals surface area contributed by atoms with Gasteiger partial charge in [0.2, 0.25) is 0 Å². The van der Waals surface area contributed by atoms with Crippen LogP contribution >= 0.6 is 0 Å². The summed E-state index contributed by atoms with van der Waals surface area (Å²) in [5.41, 5.74) is 14.8. The van der Waals surface area contributed by atoms with Crippen LogP contribution < -0.4 is 4.90 Å². The normalized spacial score (nSPS) is 11.9. The molecule has 0 unspecified atom stereocenters. The maximum Gasteiger partial charge on any atom is 0.137 e. The Kier molecular flexibility index (Phi) is 7.57. The van der Waals surface area contributed by atoms with E-state index in [2.05, 4.69) is 204 Å². The number of nitrogens with zero attached hydrogens (tertiary/aromatic N) is 2. The fourth-order valence-corrected chi connectivity index (χ4v) is 9.68. The minimum Gasteiger partial charge on any atom is -0.456 e. The average Bonchev–Trinajstić information content (AvgIpc) is 4.02. The first-order valence-corrected chi connectivity index (χ1v) is 21.1. The van der Waals surface area contributed by atoms with Gasteiger partial charge in [0.1, 0.15) is 22.3 Å². The molecule has 3 aromatic heterocycles. The number of benzene rings is 10. The highest BCUT2D eigenvalue weighted by atomic mass is 16.3. The van der Waals surface area contributed by atoms with Crippen molar-refractivity contribution >= 4 is 93.5 Å². The number of anilines is 3. The number of aromatic nitrogens is 1. The van der Waals surface area contributed by atoms with Crippen LogP contribution in [0.2, 0.25) is 0 Å². The molecule has 4 nitrogen and oxygen atoms in total. The minimum atomic E-state index is 0.857. The Balaban J connectivity index is 0.939. The van der Waals surface area contributed by atoms with E-state index in [9.17, 15) is 0 Å². The fourth-order valence-electron chi connectivity index (χ4n) is 9.68. The van der Waals surface area contributed by atoms with Gasteiger partial charge in [-0.2, -0.15) is 0 Å². The average molecular weight is 793 g/mol. The molecule has 290 valence electrons. The van der Waals surface area contributed by atoms with E-state index in [-0.39, 0.29) is 0 Å². The SMILES string of the molecule is c1ccc(-n2c3cc(-c4ccc(N(c5ccc(-c6ccc7c(c6)oc6ccccc67)cc5)c5cccc6oc7ccccc7c56)cc4)ccc3c3ccc4ccccc4c32)cc1. The molecule has 0 amide bonds. The first kappa shape index (κ1) is 34.5. The molecule has 0 aliphatic carbocycles. The van der Waals surface area contributed by atoms with Crippen LogP contribution in [0.25, 0.3) is 104 Å². The molecule has 0 aliphatic heterocycles. The van der Waals surface area contributed by atoms with E-state index < -0.39 is 0 Å². The van der Waals surface area contributed by atoms with E-state index in [4.69, 9.17) is 8.83 Å². The summed E-state index contributed by atoms with van der Waals surface area (Å²) in [6.07, 6.45) is 0. The number of fused-ring (bicyclic) bond motifs is 11. The lowest BCUT2D eigenvalue weighted by molar-refractivity contribution is 0.668. The Morgan fingerprint density at radius 3 is 1.65 bits per heavy atom. The predicted molar refractivity (Wildman–Crippen MR) is 258 cm³/mol. The summed E-state index contributed by atoms with van der Waals surface area (Å²) in [5.74, 6) is 0. The van der Waals surface area contributed by atoms with E-state index in [0.29, 0.717) is 0 Å². The minimum absolute atomic E-state index is 0.857. The lowest BCUT2D eigenvalue weighted by Crippen LogP contribution is -2.10. The summed E-state index contributed by atoms with van der Waals surface area (Å²) >= 11 is 0. The third kappa shape index (κ3) is 5.33. The van der Waals surface area contributed by atoms with Crippen LogP contribution in [0.5, 0.6) is 0 Å². The van der Waals surface area contributed by atoms with Crippen LogP contribution in [0.4, 0.5) is 17.1 Å². The zero-order valence-electron chi connectivity index (χ0n) is 33.5. The number of rotatable bonds is 6. The molecule has 13 rings (SSSR count). The van der Waals surface area contributed by atoms with Crippen molar-refractivity contribution in [3.63, 3.8) is 0 Å². The Labute approximate surface area is 356 Å². The lowest BCUT2D eigenvalue weighted by Gasteiger charge is -2.26. The van der Waals surface area contributed by atoms with E-state index in [0.717, 1.165) is 88.9 Å². The van der Waals surface area contributed by atoms with Crippen molar-refractivity contribution in [1.82, 2.24) is 4.57 Å². The number of hydrogen-bond donors (Lipinski definition) is 0. The highest BCUT2D eigenvalue weighted by molar-refractivity contribution is 6.19. The maximum absolute atomic E-state index is 6.41. The van der Waals surface area contributed by atoms with Gasteiger partial charge in [-0.3, -0.25) is 0 Å². The standard InChI is InChI=1S/C58H36N2O2/c1-2-12-42(13-3-1)60-52-35-40(26-32-46(52)49-34-25-39-11-4-5-14-45(39)58(49)60)37-21-28-43(29-22-37)59(51-17-10-20-55-57(51)50-16-7-9-19-54(50)61-55)44-30-23-38(24-31-44)41-27-33-48-47-15-6-8-18-53(47)62-56(48)36-41/h1-36H. The Morgan fingerprint density at radius 2 is 0.887 bits per heavy atom. The topological polar surface area (TPSA) is 34.5 Å². The molecule has 0 atom stereocenters. The van der Waals surface area contributed by atoms with Crippen LogP contribution in [-0.2, 0) is 0 Å². The predicted octanol–water partition coefficient (Wildman–Crippen LogP) is 16.5. The summed E-state index contributed by atoms with van der Waals surface area (Å²) in [7, 11) is 0. The van der Waals surface area contributed by atoms with Gasteiger partial charge in [0.25, 0.3) is 0 Å². The molecule has 3 heterocycles. The zero-order valence-corrected chi connectivity index (χ0v) is 33.5. The molecule has 0 fully saturated rings. The summed E-state index contributed by atoms with van der Waals surface area (Å²) in [6, 6.07) is 78.0. The molecule has 0 N–H and O–H groups in total. The van der Waals surface area contributed by atoms with Crippen molar-refractivity contribution in [2.24, 2.45) is 0 Å². The molecule has 0 aliphatic rings. The monoisotopic (exact) mass is 792 g/mol. The molecule has 10 aromatic carbocycles. The molecule has 0 bridgehead atoms. The summed E-state index contributed by atoms with van der Waals surface area (Å²) in [6.45, 7) is 0. The second kappa shape index (κ2) is 13.6. The van der Waals surface area contributed by atoms with Crippen LogP contribution in [-0.4, -0.2) is 4.57 Å². The van der Waals surface area contributed by atoms with Crippen molar-refractivity contribution in [1.29, 1.82) is 0 Å². The molecule has 4 heteroatoms. The van der Waals surface area contributed by atoms with Gasteiger partial charge >= 0.3 is 0 Å². The highest BCUT2D eigenvalue weighted by Crippen LogP contribution is 2.45. The smallest absolute Gasteiger partial charge is 0.137 e.